The second-order valence-corrected chi connectivity index (χ2v) is 6.93. The second-order valence-electron chi connectivity index (χ2n) is 6.93. The van der Waals surface area contributed by atoms with E-state index in [1.54, 1.807) is 0 Å². The Balaban J connectivity index is 1.89. The molecule has 1 fully saturated rings. The van der Waals surface area contributed by atoms with E-state index < -0.39 is 0 Å². The fraction of sp³-hybridized carbons (Fsp3) is 0.611. The van der Waals surface area contributed by atoms with Gasteiger partial charge < -0.3 is 9.88 Å². The predicted octanol–water partition coefficient (Wildman–Crippen LogP) is 3.62. The van der Waals surface area contributed by atoms with Crippen LogP contribution in [0.1, 0.15) is 39.9 Å². The number of rotatable bonds is 6. The van der Waals surface area contributed by atoms with Crippen molar-refractivity contribution in [1.82, 2.24) is 14.9 Å². The molecule has 0 amide bonds. The lowest BCUT2D eigenvalue weighted by Crippen LogP contribution is -2.35. The number of nitrogens with one attached hydrogen (secondary N) is 1. The van der Waals surface area contributed by atoms with Gasteiger partial charge in [-0.1, -0.05) is 32.9 Å². The van der Waals surface area contributed by atoms with Gasteiger partial charge >= 0.3 is 0 Å². The third kappa shape index (κ3) is 2.71. The van der Waals surface area contributed by atoms with Gasteiger partial charge in [0.25, 0.3) is 0 Å². The van der Waals surface area contributed by atoms with Gasteiger partial charge in [-0.15, -0.1) is 0 Å². The first kappa shape index (κ1) is 14.6. The maximum absolute atomic E-state index is 4.89. The van der Waals surface area contributed by atoms with Crippen LogP contribution in [0.4, 0.5) is 0 Å². The lowest BCUT2D eigenvalue weighted by atomic mass is 10.0. The summed E-state index contributed by atoms with van der Waals surface area (Å²) in [5, 5.41) is 3.69. The van der Waals surface area contributed by atoms with Crippen LogP contribution in [0.25, 0.3) is 11.0 Å². The molecule has 0 spiro atoms. The fourth-order valence-electron chi connectivity index (χ4n) is 3.64. The molecular formula is C18H27N3. The van der Waals surface area contributed by atoms with Gasteiger partial charge in [0.1, 0.15) is 5.82 Å². The molecule has 1 aliphatic carbocycles. The number of nitrogens with zero attached hydrogens (tertiary/aromatic N) is 2. The van der Waals surface area contributed by atoms with E-state index in [0.29, 0.717) is 11.5 Å². The third-order valence-electron chi connectivity index (χ3n) is 4.99. The highest BCUT2D eigenvalue weighted by Gasteiger charge is 2.49. The molecule has 0 aliphatic heterocycles. The second kappa shape index (κ2) is 5.45. The standard InChI is InChI=1S/C18H27N3/c1-5-19-15(13-12-18(13,3)4)11-17-20-14-9-7-8-10-16(14)21(17)6-2/h7-10,13,15,19H,5-6,11-12H2,1-4H3. The smallest absolute Gasteiger partial charge is 0.111 e. The molecule has 0 saturated heterocycles. The number of likely N-dealkylation sites (N-methyl/N-ethyl adjacent to an activating group) is 1. The lowest BCUT2D eigenvalue weighted by Gasteiger charge is -2.20. The highest BCUT2D eigenvalue weighted by Crippen LogP contribution is 2.54. The molecule has 0 bridgehead atoms. The highest BCUT2D eigenvalue weighted by molar-refractivity contribution is 5.75. The molecule has 3 heteroatoms. The van der Waals surface area contributed by atoms with Gasteiger partial charge in [0, 0.05) is 19.0 Å². The average molecular weight is 285 g/mol. The molecule has 3 rings (SSSR count). The van der Waals surface area contributed by atoms with E-state index in [2.05, 4.69) is 61.8 Å². The quantitative estimate of drug-likeness (QED) is 0.878. The van der Waals surface area contributed by atoms with Crippen LogP contribution >= 0.6 is 0 Å². The summed E-state index contributed by atoms with van der Waals surface area (Å²) in [7, 11) is 0. The largest absolute Gasteiger partial charge is 0.328 e. The van der Waals surface area contributed by atoms with Crippen molar-refractivity contribution in [3.8, 4) is 0 Å². The Morgan fingerprint density at radius 1 is 1.33 bits per heavy atom. The normalized spacial score (nSPS) is 21.6. The zero-order chi connectivity index (χ0) is 15.0. The molecule has 1 heterocycles. The van der Waals surface area contributed by atoms with Gasteiger partial charge in [0.15, 0.2) is 0 Å². The number of aryl methyl sites for hydroxylation is 1. The molecule has 1 N–H and O–H groups in total. The molecule has 21 heavy (non-hydrogen) atoms. The molecule has 1 aliphatic rings. The van der Waals surface area contributed by atoms with Crippen molar-refractivity contribution in [2.45, 2.75) is 53.1 Å². The average Bonchev–Trinajstić information content (AvgIpc) is 2.95. The first-order valence-electron chi connectivity index (χ1n) is 8.24. The number of para-hydroxylation sites is 2. The van der Waals surface area contributed by atoms with E-state index in [1.165, 1.54) is 17.8 Å². The Hall–Kier alpha value is -1.35. The minimum Gasteiger partial charge on any atom is -0.328 e. The molecule has 3 nitrogen and oxygen atoms in total. The zero-order valence-corrected chi connectivity index (χ0v) is 13.7. The molecule has 0 radical (unpaired) electrons. The zero-order valence-electron chi connectivity index (χ0n) is 13.7. The number of benzene rings is 1. The van der Waals surface area contributed by atoms with Gasteiger partial charge in [-0.05, 0) is 43.4 Å². The van der Waals surface area contributed by atoms with Gasteiger partial charge in [-0.25, -0.2) is 4.98 Å². The Morgan fingerprint density at radius 3 is 2.67 bits per heavy atom. The first-order chi connectivity index (χ1) is 10.1. The number of aromatic nitrogens is 2. The van der Waals surface area contributed by atoms with Crippen molar-refractivity contribution in [2.24, 2.45) is 11.3 Å². The van der Waals surface area contributed by atoms with Crippen molar-refractivity contribution >= 4 is 11.0 Å². The Labute approximate surface area is 127 Å². The monoisotopic (exact) mass is 285 g/mol. The summed E-state index contributed by atoms with van der Waals surface area (Å²) in [6.45, 7) is 11.2. The van der Waals surface area contributed by atoms with Gasteiger partial charge in [0.05, 0.1) is 11.0 Å². The third-order valence-corrected chi connectivity index (χ3v) is 4.99. The van der Waals surface area contributed by atoms with E-state index in [4.69, 9.17) is 4.98 Å². The van der Waals surface area contributed by atoms with Crippen LogP contribution in [0.5, 0.6) is 0 Å². The van der Waals surface area contributed by atoms with Crippen LogP contribution in [-0.2, 0) is 13.0 Å². The van der Waals surface area contributed by atoms with E-state index >= 15 is 0 Å². The summed E-state index contributed by atoms with van der Waals surface area (Å²) in [6.07, 6.45) is 2.36. The lowest BCUT2D eigenvalue weighted by molar-refractivity contribution is 0.400. The number of hydrogen-bond acceptors (Lipinski definition) is 2. The van der Waals surface area contributed by atoms with Gasteiger partial charge in [-0.3, -0.25) is 0 Å². The van der Waals surface area contributed by atoms with E-state index in [0.717, 1.165) is 30.9 Å². The van der Waals surface area contributed by atoms with Crippen LogP contribution < -0.4 is 5.32 Å². The van der Waals surface area contributed by atoms with E-state index in [9.17, 15) is 0 Å². The van der Waals surface area contributed by atoms with Crippen LogP contribution in [0.2, 0.25) is 0 Å². The van der Waals surface area contributed by atoms with E-state index in [-0.39, 0.29) is 0 Å². The highest BCUT2D eigenvalue weighted by atomic mass is 15.1. The molecular weight excluding hydrogens is 258 g/mol. The van der Waals surface area contributed by atoms with Crippen LogP contribution in [-0.4, -0.2) is 22.1 Å². The topological polar surface area (TPSA) is 29.9 Å². The first-order valence-corrected chi connectivity index (χ1v) is 8.24. The SMILES string of the molecule is CCNC(Cc1nc2ccccc2n1CC)C1CC1(C)C. The van der Waals surface area contributed by atoms with Crippen molar-refractivity contribution in [3.63, 3.8) is 0 Å². The molecule has 2 unspecified atom stereocenters. The van der Waals surface area contributed by atoms with Crippen molar-refractivity contribution in [1.29, 1.82) is 0 Å². The Morgan fingerprint density at radius 2 is 2.05 bits per heavy atom. The summed E-state index contributed by atoms with van der Waals surface area (Å²) in [5.41, 5.74) is 2.88. The molecule has 2 atom stereocenters. The van der Waals surface area contributed by atoms with E-state index in [1.807, 2.05) is 0 Å². The maximum atomic E-state index is 4.89. The molecule has 1 aromatic carbocycles. The van der Waals surface area contributed by atoms with Crippen molar-refractivity contribution < 1.29 is 0 Å². The number of imidazole rings is 1. The van der Waals surface area contributed by atoms with Gasteiger partial charge in [-0.2, -0.15) is 0 Å². The molecule has 114 valence electrons. The number of hydrogen-bond donors (Lipinski definition) is 1. The van der Waals surface area contributed by atoms with Gasteiger partial charge in [0.2, 0.25) is 0 Å². The maximum Gasteiger partial charge on any atom is 0.111 e. The van der Waals surface area contributed by atoms with Crippen LogP contribution in [0.15, 0.2) is 24.3 Å². The van der Waals surface area contributed by atoms with Crippen molar-refractivity contribution in [2.75, 3.05) is 6.54 Å². The summed E-state index contributed by atoms with van der Waals surface area (Å²) in [4.78, 5) is 4.89. The Bertz CT molecular complexity index is 626. The van der Waals surface area contributed by atoms with Crippen LogP contribution in [0.3, 0.4) is 0 Å². The molecule has 1 aromatic heterocycles. The summed E-state index contributed by atoms with van der Waals surface area (Å²) >= 11 is 0. The Kier molecular flexibility index (Phi) is 3.78. The number of fused-ring (bicyclic) bond motifs is 1. The summed E-state index contributed by atoms with van der Waals surface area (Å²) in [6, 6.07) is 9.02. The minimum atomic E-state index is 0.496. The van der Waals surface area contributed by atoms with Crippen molar-refractivity contribution in [3.05, 3.63) is 30.1 Å². The molecule has 1 saturated carbocycles. The summed E-state index contributed by atoms with van der Waals surface area (Å²) in [5.74, 6) is 2.01. The predicted molar refractivity (Wildman–Crippen MR) is 88.5 cm³/mol. The van der Waals surface area contributed by atoms with Crippen LogP contribution in [0, 0.1) is 11.3 Å². The molecule has 2 aromatic rings. The minimum absolute atomic E-state index is 0.496. The summed E-state index contributed by atoms with van der Waals surface area (Å²) < 4.78 is 2.37. The fourth-order valence-corrected chi connectivity index (χ4v) is 3.64.